The van der Waals surface area contributed by atoms with Gasteiger partial charge in [-0.25, -0.2) is 5.84 Å². The fourth-order valence-corrected chi connectivity index (χ4v) is 1.87. The van der Waals surface area contributed by atoms with Crippen molar-refractivity contribution in [3.63, 3.8) is 0 Å². The Morgan fingerprint density at radius 3 is 2.57 bits per heavy atom. The third-order valence-corrected chi connectivity index (χ3v) is 3.03. The van der Waals surface area contributed by atoms with Gasteiger partial charge in [0.2, 0.25) is 23.8 Å². The molecule has 1 aromatic rings. The van der Waals surface area contributed by atoms with E-state index in [4.69, 9.17) is 10.6 Å². The van der Waals surface area contributed by atoms with Gasteiger partial charge in [0, 0.05) is 20.1 Å². The Bertz CT molecular complexity index is 491. The molecule has 0 saturated carbocycles. The second-order valence-electron chi connectivity index (χ2n) is 4.51. The van der Waals surface area contributed by atoms with Crippen LogP contribution in [-0.2, 0) is 9.53 Å². The minimum atomic E-state index is -0.472. The Hall–Kier alpha value is -2.20. The molecular formula is C11H20N8O2. The van der Waals surface area contributed by atoms with Crippen molar-refractivity contribution in [2.75, 3.05) is 49.0 Å². The standard InChI is InChI=1S/C11H20N8O2/c1-7(8(20)13-2)14-9-15-10(18-12)17-11(16-9)19-3-5-21-6-4-19/h7H,3-6,12H2,1-2H3,(H,13,20)(H2,14,15,16,17,18). The Labute approximate surface area is 122 Å². The van der Waals surface area contributed by atoms with E-state index in [1.807, 2.05) is 4.90 Å². The second-order valence-corrected chi connectivity index (χ2v) is 4.51. The van der Waals surface area contributed by atoms with Crippen molar-refractivity contribution in [1.82, 2.24) is 20.3 Å². The lowest BCUT2D eigenvalue weighted by Gasteiger charge is -2.27. The van der Waals surface area contributed by atoms with Gasteiger partial charge in [-0.3, -0.25) is 10.2 Å². The number of nitrogens with one attached hydrogen (secondary N) is 3. The van der Waals surface area contributed by atoms with Crippen molar-refractivity contribution in [1.29, 1.82) is 0 Å². The van der Waals surface area contributed by atoms with Crippen LogP contribution in [-0.4, -0.2) is 60.3 Å². The van der Waals surface area contributed by atoms with Crippen molar-refractivity contribution in [3.8, 4) is 0 Å². The number of hydrogen-bond acceptors (Lipinski definition) is 9. The molecule has 1 saturated heterocycles. The van der Waals surface area contributed by atoms with E-state index >= 15 is 0 Å². The van der Waals surface area contributed by atoms with Gasteiger partial charge >= 0.3 is 0 Å². The molecule has 0 radical (unpaired) electrons. The molecule has 1 unspecified atom stereocenters. The zero-order valence-corrected chi connectivity index (χ0v) is 12.1. The number of carbonyl (C=O) groups is 1. The van der Waals surface area contributed by atoms with E-state index in [9.17, 15) is 4.79 Å². The zero-order chi connectivity index (χ0) is 15.2. The lowest BCUT2D eigenvalue weighted by Crippen LogP contribution is -2.38. The third-order valence-electron chi connectivity index (χ3n) is 3.03. The third kappa shape index (κ3) is 3.89. The van der Waals surface area contributed by atoms with Crippen LogP contribution in [0.15, 0.2) is 0 Å². The molecule has 1 aliphatic heterocycles. The molecule has 0 aliphatic carbocycles. The summed E-state index contributed by atoms with van der Waals surface area (Å²) in [6, 6.07) is -0.472. The number of rotatable bonds is 5. The van der Waals surface area contributed by atoms with Crippen molar-refractivity contribution in [2.45, 2.75) is 13.0 Å². The number of carbonyl (C=O) groups excluding carboxylic acids is 1. The largest absolute Gasteiger partial charge is 0.378 e. The van der Waals surface area contributed by atoms with E-state index < -0.39 is 6.04 Å². The summed E-state index contributed by atoms with van der Waals surface area (Å²) in [5, 5.41) is 5.47. The quantitative estimate of drug-likeness (QED) is 0.380. The molecular weight excluding hydrogens is 276 g/mol. The lowest BCUT2D eigenvalue weighted by molar-refractivity contribution is -0.121. The van der Waals surface area contributed by atoms with Crippen molar-refractivity contribution in [2.24, 2.45) is 5.84 Å². The summed E-state index contributed by atoms with van der Waals surface area (Å²) in [7, 11) is 1.57. The number of nitrogens with two attached hydrogens (primary N) is 1. The number of hydrogen-bond donors (Lipinski definition) is 4. The van der Waals surface area contributed by atoms with Gasteiger partial charge in [0.25, 0.3) is 0 Å². The van der Waals surface area contributed by atoms with Crippen LogP contribution in [0.5, 0.6) is 0 Å². The van der Waals surface area contributed by atoms with Crippen LogP contribution in [0.1, 0.15) is 6.92 Å². The number of hydrazine groups is 1. The predicted molar refractivity (Wildman–Crippen MR) is 77.8 cm³/mol. The van der Waals surface area contributed by atoms with Crippen LogP contribution in [0.2, 0.25) is 0 Å². The van der Waals surface area contributed by atoms with Gasteiger partial charge < -0.3 is 20.3 Å². The van der Waals surface area contributed by atoms with E-state index in [0.717, 1.165) is 0 Å². The molecule has 21 heavy (non-hydrogen) atoms. The van der Waals surface area contributed by atoms with Gasteiger partial charge in [-0.2, -0.15) is 15.0 Å². The molecule has 1 aliphatic rings. The average Bonchev–Trinajstić information content (AvgIpc) is 2.54. The number of likely N-dealkylation sites (N-methyl/N-ethyl adjacent to an activating group) is 1. The maximum Gasteiger partial charge on any atom is 0.243 e. The summed E-state index contributed by atoms with van der Waals surface area (Å²) < 4.78 is 5.30. The molecule has 10 heteroatoms. The topological polar surface area (TPSA) is 130 Å². The van der Waals surface area contributed by atoms with Gasteiger partial charge in [-0.15, -0.1) is 0 Å². The van der Waals surface area contributed by atoms with Crippen LogP contribution >= 0.6 is 0 Å². The SMILES string of the molecule is CNC(=O)C(C)Nc1nc(NN)nc(N2CCOCC2)n1. The molecule has 1 amide bonds. The minimum Gasteiger partial charge on any atom is -0.378 e. The Morgan fingerprint density at radius 1 is 1.29 bits per heavy atom. The van der Waals surface area contributed by atoms with Crippen molar-refractivity contribution < 1.29 is 9.53 Å². The maximum absolute atomic E-state index is 11.5. The molecule has 2 heterocycles. The van der Waals surface area contributed by atoms with Crippen LogP contribution in [0.25, 0.3) is 0 Å². The molecule has 5 N–H and O–H groups in total. The van der Waals surface area contributed by atoms with Gasteiger partial charge in [-0.1, -0.05) is 0 Å². The fourth-order valence-electron chi connectivity index (χ4n) is 1.87. The average molecular weight is 296 g/mol. The number of nitrogen functional groups attached to an aromatic ring is 1. The van der Waals surface area contributed by atoms with E-state index in [0.29, 0.717) is 32.3 Å². The maximum atomic E-state index is 11.5. The summed E-state index contributed by atoms with van der Waals surface area (Å²) >= 11 is 0. The number of morpholine rings is 1. The summed E-state index contributed by atoms with van der Waals surface area (Å²) in [6.45, 7) is 4.34. The van der Waals surface area contributed by atoms with Gasteiger partial charge in [0.15, 0.2) is 0 Å². The van der Waals surface area contributed by atoms with Crippen LogP contribution < -0.4 is 26.8 Å². The van der Waals surface area contributed by atoms with E-state index in [1.165, 1.54) is 0 Å². The number of amides is 1. The summed E-state index contributed by atoms with van der Waals surface area (Å²) in [5.41, 5.74) is 2.40. The molecule has 0 spiro atoms. The number of ether oxygens (including phenoxy) is 1. The lowest BCUT2D eigenvalue weighted by atomic mass is 10.3. The molecule has 1 aromatic heterocycles. The first-order valence-electron chi connectivity index (χ1n) is 6.67. The van der Waals surface area contributed by atoms with Gasteiger partial charge in [-0.05, 0) is 6.92 Å². The summed E-state index contributed by atoms with van der Waals surface area (Å²) in [6.07, 6.45) is 0. The Morgan fingerprint density at radius 2 is 1.95 bits per heavy atom. The normalized spacial score (nSPS) is 16.2. The van der Waals surface area contributed by atoms with Crippen LogP contribution in [0.4, 0.5) is 17.8 Å². The van der Waals surface area contributed by atoms with E-state index in [2.05, 4.69) is 31.0 Å². The van der Waals surface area contributed by atoms with E-state index in [-0.39, 0.29) is 17.8 Å². The van der Waals surface area contributed by atoms with Gasteiger partial charge in [0.1, 0.15) is 6.04 Å². The first-order valence-corrected chi connectivity index (χ1v) is 6.67. The zero-order valence-electron chi connectivity index (χ0n) is 12.1. The van der Waals surface area contributed by atoms with Gasteiger partial charge in [0.05, 0.1) is 13.2 Å². The number of anilines is 3. The van der Waals surface area contributed by atoms with Crippen LogP contribution in [0.3, 0.4) is 0 Å². The molecule has 1 atom stereocenters. The number of aromatic nitrogens is 3. The fraction of sp³-hybridized carbons (Fsp3) is 0.636. The monoisotopic (exact) mass is 296 g/mol. The Kier molecular flexibility index (Phi) is 5.06. The van der Waals surface area contributed by atoms with Crippen molar-refractivity contribution >= 4 is 23.8 Å². The molecule has 116 valence electrons. The van der Waals surface area contributed by atoms with E-state index in [1.54, 1.807) is 14.0 Å². The highest BCUT2D eigenvalue weighted by molar-refractivity contribution is 5.83. The molecule has 2 rings (SSSR count). The highest BCUT2D eigenvalue weighted by Crippen LogP contribution is 2.15. The Balaban J connectivity index is 2.18. The highest BCUT2D eigenvalue weighted by atomic mass is 16.5. The summed E-state index contributed by atoms with van der Waals surface area (Å²) in [5.74, 6) is 6.23. The summed E-state index contributed by atoms with van der Waals surface area (Å²) in [4.78, 5) is 26.2. The first kappa shape index (κ1) is 15.2. The molecule has 0 aromatic carbocycles. The first-order chi connectivity index (χ1) is 10.1. The molecule has 0 bridgehead atoms. The van der Waals surface area contributed by atoms with Crippen molar-refractivity contribution in [3.05, 3.63) is 0 Å². The predicted octanol–water partition coefficient (Wildman–Crippen LogP) is -1.46. The minimum absolute atomic E-state index is 0.161. The highest BCUT2D eigenvalue weighted by Gasteiger charge is 2.18. The molecule has 1 fully saturated rings. The second kappa shape index (κ2) is 6.99. The smallest absolute Gasteiger partial charge is 0.243 e. The number of nitrogens with zero attached hydrogens (tertiary/aromatic N) is 4. The van der Waals surface area contributed by atoms with Crippen LogP contribution in [0, 0.1) is 0 Å². The molecule has 10 nitrogen and oxygen atoms in total.